The number of hydrogen-bond donors (Lipinski definition) is 1. The van der Waals surface area contributed by atoms with E-state index in [4.69, 9.17) is 0 Å². The van der Waals surface area contributed by atoms with Crippen LogP contribution >= 0.6 is 0 Å². The van der Waals surface area contributed by atoms with Gasteiger partial charge >= 0.3 is 0 Å². The maximum Gasteiger partial charge on any atom is 0.220 e. The minimum absolute atomic E-state index is 0.224. The van der Waals surface area contributed by atoms with E-state index < -0.39 is 0 Å². The molecule has 4 aliphatic rings. The molecule has 0 aromatic carbocycles. The lowest BCUT2D eigenvalue weighted by Crippen LogP contribution is -2.53. The highest BCUT2D eigenvalue weighted by molar-refractivity contribution is 5.79. The van der Waals surface area contributed by atoms with E-state index in [0.717, 1.165) is 49.4 Å². The molecule has 4 saturated carbocycles. The summed E-state index contributed by atoms with van der Waals surface area (Å²) in [6, 6.07) is 0.248. The van der Waals surface area contributed by atoms with Crippen molar-refractivity contribution >= 4 is 11.7 Å². The third-order valence-corrected chi connectivity index (χ3v) is 10.1. The zero-order valence-electron chi connectivity index (χ0n) is 19.3. The molecule has 4 fully saturated rings. The molecule has 0 aromatic heterocycles. The van der Waals surface area contributed by atoms with Gasteiger partial charge in [-0.25, -0.2) is 0 Å². The third-order valence-electron chi connectivity index (χ3n) is 10.1. The van der Waals surface area contributed by atoms with Crippen molar-refractivity contribution in [2.45, 2.75) is 111 Å². The monoisotopic (exact) mass is 401 g/mol. The zero-order valence-corrected chi connectivity index (χ0v) is 19.3. The lowest BCUT2D eigenvalue weighted by Gasteiger charge is -2.60. The summed E-state index contributed by atoms with van der Waals surface area (Å²) < 4.78 is 0. The van der Waals surface area contributed by atoms with Crippen LogP contribution in [0.15, 0.2) is 0 Å². The average molecular weight is 402 g/mol. The molecule has 0 aliphatic heterocycles. The molecule has 164 valence electrons. The molecule has 0 spiro atoms. The number of carbonyl (C=O) groups excluding carboxylic acids is 2. The first-order valence-electron chi connectivity index (χ1n) is 12.5. The summed E-state index contributed by atoms with van der Waals surface area (Å²) in [7, 11) is 0. The second-order valence-electron chi connectivity index (χ2n) is 11.8. The van der Waals surface area contributed by atoms with Crippen molar-refractivity contribution in [3.05, 3.63) is 0 Å². The maximum atomic E-state index is 12.1. The van der Waals surface area contributed by atoms with Crippen molar-refractivity contribution in [1.82, 2.24) is 5.32 Å². The van der Waals surface area contributed by atoms with Crippen LogP contribution in [0.1, 0.15) is 105 Å². The van der Waals surface area contributed by atoms with Gasteiger partial charge in [-0.15, -0.1) is 0 Å². The van der Waals surface area contributed by atoms with E-state index in [9.17, 15) is 9.59 Å². The van der Waals surface area contributed by atoms with Crippen molar-refractivity contribution in [3.63, 3.8) is 0 Å². The fraction of sp³-hybridized carbons (Fsp3) is 0.923. The van der Waals surface area contributed by atoms with Crippen LogP contribution < -0.4 is 5.32 Å². The van der Waals surface area contributed by atoms with E-state index in [1.54, 1.807) is 0 Å². The molecule has 1 amide bonds. The highest BCUT2D eigenvalue weighted by atomic mass is 16.1. The number of hydrogen-bond acceptors (Lipinski definition) is 2. The van der Waals surface area contributed by atoms with Crippen molar-refractivity contribution in [2.75, 3.05) is 0 Å². The fourth-order valence-corrected chi connectivity index (χ4v) is 8.53. The normalized spacial score (nSPS) is 44.2. The van der Waals surface area contributed by atoms with Crippen molar-refractivity contribution in [1.29, 1.82) is 0 Å². The molecular weight excluding hydrogens is 358 g/mol. The highest BCUT2D eigenvalue weighted by Gasteiger charge is 2.59. The van der Waals surface area contributed by atoms with Crippen molar-refractivity contribution in [2.24, 2.45) is 40.4 Å². The van der Waals surface area contributed by atoms with Crippen LogP contribution in [0.5, 0.6) is 0 Å². The summed E-state index contributed by atoms with van der Waals surface area (Å²) in [5.74, 6) is 4.83. The Kier molecular flexibility index (Phi) is 5.90. The SMILES string of the molecule is CC(C)NC(=O)CCCC1CCC2C3CCC4CC(=O)CCC4(C)C3CCC12C. The molecule has 0 heterocycles. The van der Waals surface area contributed by atoms with E-state index in [-0.39, 0.29) is 11.9 Å². The molecule has 0 bridgehead atoms. The van der Waals surface area contributed by atoms with Crippen molar-refractivity contribution < 1.29 is 9.59 Å². The molecule has 0 radical (unpaired) electrons. The lowest BCUT2D eigenvalue weighted by atomic mass is 9.44. The van der Waals surface area contributed by atoms with Gasteiger partial charge in [-0.2, -0.15) is 0 Å². The Balaban J connectivity index is 1.40. The standard InChI is InChI=1S/C26H43NO2/c1-17(2)27-24(29)7-5-6-18-9-11-22-21-10-8-19-16-20(28)12-14-26(19,4)23(21)13-15-25(18,22)3/h17-19,21-23H,5-16H2,1-4H3,(H,27,29). The van der Waals surface area contributed by atoms with Gasteiger partial charge in [-0.05, 0) is 112 Å². The molecular formula is C26H43NO2. The third kappa shape index (κ3) is 3.81. The second-order valence-corrected chi connectivity index (χ2v) is 11.8. The minimum atomic E-state index is 0.224. The van der Waals surface area contributed by atoms with Crippen LogP contribution in [0.25, 0.3) is 0 Å². The number of Topliss-reactive ketones (excluding diaryl/α,β-unsaturated/α-hetero) is 1. The van der Waals surface area contributed by atoms with Gasteiger partial charge in [0, 0.05) is 25.3 Å². The van der Waals surface area contributed by atoms with E-state index in [1.165, 1.54) is 44.9 Å². The number of amides is 1. The maximum absolute atomic E-state index is 12.1. The number of ketones is 1. The predicted octanol–water partition coefficient (Wildman–Crippen LogP) is 5.91. The molecule has 7 unspecified atom stereocenters. The average Bonchev–Trinajstić information content (AvgIpc) is 2.98. The summed E-state index contributed by atoms with van der Waals surface area (Å²) in [6.07, 6.45) is 14.0. The summed E-state index contributed by atoms with van der Waals surface area (Å²) in [6.45, 7) is 9.22. The van der Waals surface area contributed by atoms with Gasteiger partial charge in [0.2, 0.25) is 5.91 Å². The Morgan fingerprint density at radius 1 is 1.03 bits per heavy atom. The van der Waals surface area contributed by atoms with Crippen LogP contribution in [-0.4, -0.2) is 17.7 Å². The molecule has 29 heavy (non-hydrogen) atoms. The van der Waals surface area contributed by atoms with Gasteiger partial charge in [-0.3, -0.25) is 9.59 Å². The van der Waals surface area contributed by atoms with Crippen LogP contribution in [0, 0.1) is 40.4 Å². The molecule has 4 rings (SSSR count). The summed E-state index contributed by atoms with van der Waals surface area (Å²) >= 11 is 0. The van der Waals surface area contributed by atoms with Gasteiger partial charge in [0.25, 0.3) is 0 Å². The number of fused-ring (bicyclic) bond motifs is 5. The smallest absolute Gasteiger partial charge is 0.220 e. The predicted molar refractivity (Wildman–Crippen MR) is 117 cm³/mol. The Bertz CT molecular complexity index is 643. The Morgan fingerprint density at radius 2 is 1.79 bits per heavy atom. The minimum Gasteiger partial charge on any atom is -0.354 e. The molecule has 7 atom stereocenters. The van der Waals surface area contributed by atoms with Gasteiger partial charge in [0.05, 0.1) is 0 Å². The summed E-state index contributed by atoms with van der Waals surface area (Å²) in [5.41, 5.74) is 0.911. The van der Waals surface area contributed by atoms with Crippen LogP contribution in [0.4, 0.5) is 0 Å². The first kappa shape index (κ1) is 21.4. The lowest BCUT2D eigenvalue weighted by molar-refractivity contribution is -0.139. The summed E-state index contributed by atoms with van der Waals surface area (Å²) in [5, 5.41) is 3.04. The van der Waals surface area contributed by atoms with Gasteiger partial charge < -0.3 is 5.32 Å². The zero-order chi connectivity index (χ0) is 20.8. The molecule has 0 aromatic rings. The second kappa shape index (κ2) is 8.00. The van der Waals surface area contributed by atoms with Crippen molar-refractivity contribution in [3.8, 4) is 0 Å². The fourth-order valence-electron chi connectivity index (χ4n) is 8.53. The molecule has 1 N–H and O–H groups in total. The quantitative estimate of drug-likeness (QED) is 0.622. The summed E-state index contributed by atoms with van der Waals surface area (Å²) in [4.78, 5) is 24.1. The number of nitrogens with one attached hydrogen (secondary N) is 1. The number of carbonyl (C=O) groups is 2. The van der Waals surface area contributed by atoms with Gasteiger partial charge in [-0.1, -0.05) is 13.8 Å². The first-order chi connectivity index (χ1) is 13.7. The Labute approximate surface area is 178 Å². The molecule has 4 aliphatic carbocycles. The van der Waals surface area contributed by atoms with E-state index in [1.807, 2.05) is 13.8 Å². The van der Waals surface area contributed by atoms with Gasteiger partial charge in [0.1, 0.15) is 5.78 Å². The van der Waals surface area contributed by atoms with Gasteiger partial charge in [0.15, 0.2) is 0 Å². The Morgan fingerprint density at radius 3 is 2.55 bits per heavy atom. The van der Waals surface area contributed by atoms with E-state index in [0.29, 0.717) is 29.0 Å². The highest BCUT2D eigenvalue weighted by Crippen LogP contribution is 2.67. The topological polar surface area (TPSA) is 46.2 Å². The first-order valence-corrected chi connectivity index (χ1v) is 12.5. The van der Waals surface area contributed by atoms with Crippen LogP contribution in [0.3, 0.4) is 0 Å². The van der Waals surface area contributed by atoms with E-state index in [2.05, 4.69) is 19.2 Å². The molecule has 3 heteroatoms. The molecule has 3 nitrogen and oxygen atoms in total. The Hall–Kier alpha value is -0.860. The van der Waals surface area contributed by atoms with E-state index >= 15 is 0 Å². The van der Waals surface area contributed by atoms with Crippen LogP contribution in [-0.2, 0) is 9.59 Å². The molecule has 0 saturated heterocycles. The van der Waals surface area contributed by atoms with Crippen LogP contribution in [0.2, 0.25) is 0 Å². The number of rotatable bonds is 5. The largest absolute Gasteiger partial charge is 0.354 e.